The number of phenols is 3. The summed E-state index contributed by atoms with van der Waals surface area (Å²) in [7, 11) is 0. The van der Waals surface area contributed by atoms with Gasteiger partial charge in [0.05, 0.1) is 12.6 Å². The first-order valence-electron chi connectivity index (χ1n) is 23.8. The molecule has 23 nitrogen and oxygen atoms in total. The Labute approximate surface area is 418 Å². The number of hydrogen-bond acceptors (Lipinski definition) is 21. The van der Waals surface area contributed by atoms with Gasteiger partial charge in [-0.05, 0) is 73.1 Å². The Kier molecular flexibility index (Phi) is 12.5. The zero-order valence-corrected chi connectivity index (χ0v) is 39.5. The van der Waals surface area contributed by atoms with Crippen LogP contribution in [0.2, 0.25) is 0 Å². The van der Waals surface area contributed by atoms with Crippen LogP contribution in [-0.2, 0) is 36.6 Å². The highest BCUT2D eigenvalue weighted by molar-refractivity contribution is 5.90. The molecule has 6 aliphatic heterocycles. The zero-order valence-electron chi connectivity index (χ0n) is 39.5. The molecule has 0 aliphatic carbocycles. The van der Waals surface area contributed by atoms with E-state index in [0.29, 0.717) is 29.9 Å². The number of carboxylic acid groups (broad SMARTS) is 1. The molecule has 0 amide bonds. The number of piperidine rings is 1. The van der Waals surface area contributed by atoms with Crippen LogP contribution in [0.3, 0.4) is 0 Å². The fourth-order valence-corrected chi connectivity index (χ4v) is 10.9. The number of aromatic hydroxyl groups is 3. The summed E-state index contributed by atoms with van der Waals surface area (Å²) in [4.78, 5) is 45.2. The number of carbonyl (C=O) groups is 2. The van der Waals surface area contributed by atoms with Gasteiger partial charge < -0.3 is 94.9 Å². The van der Waals surface area contributed by atoms with Gasteiger partial charge in [0.25, 0.3) is 11.4 Å². The Hall–Kier alpha value is -6.79. The number of esters is 1. The van der Waals surface area contributed by atoms with Crippen molar-refractivity contribution in [3.8, 4) is 46.2 Å². The fourth-order valence-electron chi connectivity index (χ4n) is 10.9. The third-order valence-electron chi connectivity index (χ3n) is 14.9. The summed E-state index contributed by atoms with van der Waals surface area (Å²) < 4.78 is 30.6. The summed E-state index contributed by atoms with van der Waals surface area (Å²) in [5.74, 6) is -10.1. The first-order chi connectivity index (χ1) is 35.1. The smallest absolute Gasteiger partial charge is 0.354 e. The average molecular weight is 1030 g/mol. The molecular formula is C51H53N3O20. The summed E-state index contributed by atoms with van der Waals surface area (Å²) in [6.07, 6.45) is -11.1. The van der Waals surface area contributed by atoms with Gasteiger partial charge in [-0.15, -0.1) is 0 Å². The molecule has 23 heteroatoms. The molecule has 10 rings (SSSR count). The van der Waals surface area contributed by atoms with E-state index >= 15 is 0 Å². The van der Waals surface area contributed by atoms with Crippen LogP contribution in [0.4, 0.5) is 0 Å². The molecule has 2 spiro atoms. The highest BCUT2D eigenvalue weighted by Crippen LogP contribution is 2.55. The first-order valence-corrected chi connectivity index (χ1v) is 23.8. The number of ether oxygens (including phenoxy) is 4. The number of aromatic nitrogens is 1. The van der Waals surface area contributed by atoms with Gasteiger partial charge >= 0.3 is 11.9 Å². The second-order valence-electron chi connectivity index (χ2n) is 19.3. The first kappa shape index (κ1) is 50.7. The van der Waals surface area contributed by atoms with Crippen LogP contribution < -0.4 is 20.8 Å². The van der Waals surface area contributed by atoms with Crippen molar-refractivity contribution in [3.05, 3.63) is 104 Å². The van der Waals surface area contributed by atoms with Gasteiger partial charge in [0, 0.05) is 70.9 Å². The van der Waals surface area contributed by atoms with E-state index in [9.17, 15) is 75.7 Å². The number of dihydropyridines is 1. The van der Waals surface area contributed by atoms with Gasteiger partial charge in [-0.3, -0.25) is 10.1 Å². The molecule has 12 unspecified atom stereocenters. The van der Waals surface area contributed by atoms with E-state index in [0.717, 1.165) is 24.1 Å². The topological polar surface area (TPSA) is 384 Å². The molecule has 8 heterocycles. The molecule has 3 fully saturated rings. The fraction of sp³-hybridized carbons (Fsp3) is 0.431. The molecule has 392 valence electrons. The van der Waals surface area contributed by atoms with Crippen LogP contribution in [0.25, 0.3) is 22.3 Å². The Morgan fingerprint density at radius 2 is 1.74 bits per heavy atom. The van der Waals surface area contributed by atoms with E-state index in [1.165, 1.54) is 18.2 Å². The maximum atomic E-state index is 14.9. The Bertz CT molecular complexity index is 3190. The molecule has 0 radical (unpaired) electrons. The molecule has 15 N–H and O–H groups in total. The van der Waals surface area contributed by atoms with E-state index in [4.69, 9.17) is 23.4 Å². The molecular weight excluding hydrogens is 975 g/mol. The van der Waals surface area contributed by atoms with E-state index in [-0.39, 0.29) is 63.9 Å². The lowest BCUT2D eigenvalue weighted by Crippen LogP contribution is -2.76. The van der Waals surface area contributed by atoms with Crippen LogP contribution in [0.15, 0.2) is 86.4 Å². The van der Waals surface area contributed by atoms with E-state index in [2.05, 4.69) is 21.5 Å². The lowest BCUT2D eigenvalue weighted by atomic mass is 9.76. The number of aliphatic carboxylic acids is 1. The van der Waals surface area contributed by atoms with Crippen molar-refractivity contribution in [3.63, 3.8) is 0 Å². The largest absolute Gasteiger partial charge is 0.507 e. The predicted octanol–water partition coefficient (Wildman–Crippen LogP) is -0.685. The Morgan fingerprint density at radius 3 is 2.45 bits per heavy atom. The number of rotatable bonds is 8. The van der Waals surface area contributed by atoms with Gasteiger partial charge in [-0.25, -0.2) is 9.59 Å². The van der Waals surface area contributed by atoms with Gasteiger partial charge in [-0.1, -0.05) is 31.9 Å². The molecule has 6 aliphatic rings. The molecule has 3 saturated heterocycles. The van der Waals surface area contributed by atoms with Gasteiger partial charge in [0.2, 0.25) is 17.7 Å². The minimum Gasteiger partial charge on any atom is -0.507 e. The number of aliphatic hydroxyl groups excluding tert-OH is 6. The summed E-state index contributed by atoms with van der Waals surface area (Å²) in [5.41, 5.74) is -5.32. The summed E-state index contributed by atoms with van der Waals surface area (Å²) in [6, 6.07) is 7.99. The third kappa shape index (κ3) is 7.59. The van der Waals surface area contributed by atoms with Crippen LogP contribution >= 0.6 is 0 Å². The van der Waals surface area contributed by atoms with Crippen molar-refractivity contribution in [1.29, 1.82) is 0 Å². The number of H-pyrrole nitrogens is 1. The minimum absolute atomic E-state index is 0.0333. The maximum absolute atomic E-state index is 14.9. The second-order valence-corrected chi connectivity index (χ2v) is 19.3. The zero-order chi connectivity index (χ0) is 53.0. The van der Waals surface area contributed by atoms with Gasteiger partial charge in [0.15, 0.2) is 23.0 Å². The molecule has 4 aromatic rings. The van der Waals surface area contributed by atoms with Crippen molar-refractivity contribution in [2.75, 3.05) is 13.2 Å². The monoisotopic (exact) mass is 1030 g/mol. The Morgan fingerprint density at radius 1 is 0.973 bits per heavy atom. The van der Waals surface area contributed by atoms with Gasteiger partial charge in [-0.2, -0.15) is 0 Å². The van der Waals surface area contributed by atoms with E-state index in [1.54, 1.807) is 18.3 Å². The maximum Gasteiger partial charge on any atom is 0.354 e. The number of phenolic OH excluding ortho intramolecular Hbond substituents is 3. The molecule has 12 atom stereocenters. The third-order valence-corrected chi connectivity index (χ3v) is 14.9. The summed E-state index contributed by atoms with van der Waals surface area (Å²) in [5, 5.41) is 141. The summed E-state index contributed by atoms with van der Waals surface area (Å²) in [6.45, 7) is 4.21. The van der Waals surface area contributed by atoms with Crippen molar-refractivity contribution in [2.45, 2.75) is 118 Å². The highest BCUT2D eigenvalue weighted by Gasteiger charge is 2.72. The van der Waals surface area contributed by atoms with Crippen LogP contribution in [0.5, 0.6) is 23.0 Å². The molecule has 2 bridgehead atoms. The van der Waals surface area contributed by atoms with Gasteiger partial charge in [0.1, 0.15) is 52.6 Å². The number of nitrogens with one attached hydrogen (secondary N) is 3. The number of benzene rings is 2. The molecule has 2 aromatic carbocycles. The Balaban J connectivity index is 1.25. The quantitative estimate of drug-likeness (QED) is 0.0342. The lowest BCUT2D eigenvalue weighted by molar-refractivity contribution is -0.394. The van der Waals surface area contributed by atoms with Crippen molar-refractivity contribution >= 4 is 22.9 Å². The number of aromatic amines is 1. The highest BCUT2D eigenvalue weighted by atomic mass is 16.8. The van der Waals surface area contributed by atoms with Crippen LogP contribution in [-0.4, -0.2) is 157 Å². The number of carbonyl (C=O) groups excluding carboxylic acids is 1. The molecule has 2 aromatic heterocycles. The number of hydrogen-bond donors (Lipinski definition) is 15. The predicted molar refractivity (Wildman–Crippen MR) is 251 cm³/mol. The van der Waals surface area contributed by atoms with Crippen molar-refractivity contribution in [2.24, 2.45) is 5.92 Å². The van der Waals surface area contributed by atoms with Crippen LogP contribution in [0, 0.1) is 17.8 Å². The molecule has 74 heavy (non-hydrogen) atoms. The summed E-state index contributed by atoms with van der Waals surface area (Å²) >= 11 is 0. The lowest BCUT2D eigenvalue weighted by Gasteiger charge is -2.53. The number of carboxylic acids is 1. The standard InChI is InChI=1S/C51H53N3O20/c1-3-29-27(18-26-21(2)7-12-53-44(26)54-29)28-17-24(16-25-6-4-11-52-25)50(72-34-20-33-36(38(59)35(28)34)30(56)19-32(70-33)23-14-22(8-13-55)37(58)31(57)15-23)42(63)39(60)41(62)48(74-50)9-5-10-49(46(65)66)51(68,69)43(64)40(61)45(73-49)71-47(48)67/h4,6,11,14-15,17-21,28,39-45,52-55,57-64,68-69H,3,7-9,12-13,16H2,1-2H3,(H,65,66). The SMILES string of the molecule is CCC1=C(C2C=C(Cc3ccc[nH]3)C3(Oc4cc5oc(-c6cc(O)c(O)c(CCO)c6)cc(=O)c5c(O)c42)OC2(CC#CC4(C(=O)O)OC(OC2=O)C(O)C(O)C4(O)O)C(O)C(O)C3O)C=C2C(C)CCNC2N1. The number of allylic oxidation sites excluding steroid dienone is 4. The van der Waals surface area contributed by atoms with Crippen molar-refractivity contribution in [1.82, 2.24) is 15.6 Å². The second kappa shape index (κ2) is 18.2. The number of aliphatic hydroxyl groups is 8. The van der Waals surface area contributed by atoms with E-state index < -0.39 is 119 Å². The van der Waals surface area contributed by atoms with Crippen molar-refractivity contribution < 1.29 is 94.2 Å². The normalized spacial score (nSPS) is 33.3. The number of fused-ring (bicyclic) bond motifs is 5. The minimum atomic E-state index is -3.87. The van der Waals surface area contributed by atoms with E-state index in [1.807, 2.05) is 25.8 Å². The van der Waals surface area contributed by atoms with Crippen LogP contribution in [0.1, 0.15) is 55.8 Å². The molecule has 0 saturated carbocycles. The average Bonchev–Trinajstić information content (AvgIpc) is 3.86.